The summed E-state index contributed by atoms with van der Waals surface area (Å²) >= 11 is 0. The Morgan fingerprint density at radius 1 is 1.21 bits per heavy atom. The van der Waals surface area contributed by atoms with Gasteiger partial charge in [0.15, 0.2) is 5.82 Å². The van der Waals surface area contributed by atoms with Crippen LogP contribution in [-0.2, 0) is 6.42 Å². The van der Waals surface area contributed by atoms with Crippen molar-refractivity contribution in [2.24, 2.45) is 0 Å². The zero-order valence-corrected chi connectivity index (χ0v) is 11.5. The summed E-state index contributed by atoms with van der Waals surface area (Å²) in [6, 6.07) is 3.74. The molecular weight excluding hydrogens is 240 g/mol. The number of nitrogens with zero attached hydrogens (tertiary/aromatic N) is 4. The molecule has 2 aromatic rings. The second-order valence-corrected chi connectivity index (χ2v) is 4.60. The van der Waals surface area contributed by atoms with Crippen molar-refractivity contribution >= 4 is 0 Å². The van der Waals surface area contributed by atoms with E-state index in [1.54, 1.807) is 12.4 Å². The molecule has 0 radical (unpaired) electrons. The Kier molecular flexibility index (Phi) is 5.03. The quantitative estimate of drug-likeness (QED) is 0.715. The number of hydrogen-bond acceptors (Lipinski definition) is 5. The molecule has 2 rings (SSSR count). The number of aromatic nitrogens is 3. The van der Waals surface area contributed by atoms with Crippen LogP contribution in [0.15, 0.2) is 29.0 Å². The first kappa shape index (κ1) is 13.7. The monoisotopic (exact) mass is 260 g/mol. The van der Waals surface area contributed by atoms with Gasteiger partial charge in [0.25, 0.3) is 5.89 Å². The molecule has 5 heteroatoms. The van der Waals surface area contributed by atoms with Crippen LogP contribution in [-0.4, -0.2) is 40.2 Å². The van der Waals surface area contributed by atoms with Gasteiger partial charge in [-0.2, -0.15) is 4.98 Å². The van der Waals surface area contributed by atoms with Crippen molar-refractivity contribution in [2.45, 2.75) is 26.2 Å². The summed E-state index contributed by atoms with van der Waals surface area (Å²) in [5, 5.41) is 4.01. The maximum atomic E-state index is 5.25. The Bertz CT molecular complexity index is 483. The van der Waals surface area contributed by atoms with Crippen LogP contribution in [0.2, 0.25) is 0 Å². The largest absolute Gasteiger partial charge is 0.334 e. The number of hydrogen-bond donors (Lipinski definition) is 0. The van der Waals surface area contributed by atoms with E-state index in [-0.39, 0.29) is 0 Å². The van der Waals surface area contributed by atoms with E-state index in [2.05, 4.69) is 34.0 Å². The van der Waals surface area contributed by atoms with Crippen molar-refractivity contribution in [3.8, 4) is 11.5 Å². The Balaban J connectivity index is 1.82. The fourth-order valence-electron chi connectivity index (χ4n) is 1.79. The predicted molar refractivity (Wildman–Crippen MR) is 73.6 cm³/mol. The first-order valence-electron chi connectivity index (χ1n) is 6.71. The van der Waals surface area contributed by atoms with Crippen LogP contribution >= 0.6 is 0 Å². The smallest absolute Gasteiger partial charge is 0.258 e. The van der Waals surface area contributed by atoms with Gasteiger partial charge >= 0.3 is 0 Å². The van der Waals surface area contributed by atoms with Crippen LogP contribution in [0.1, 0.15) is 25.6 Å². The lowest BCUT2D eigenvalue weighted by molar-refractivity contribution is 0.342. The molecule has 0 unspecified atom stereocenters. The van der Waals surface area contributed by atoms with Gasteiger partial charge in [0.2, 0.25) is 0 Å². The summed E-state index contributed by atoms with van der Waals surface area (Å²) in [7, 11) is 2.13. The highest BCUT2D eigenvalue weighted by Gasteiger charge is 2.08. The minimum atomic E-state index is 0.572. The Morgan fingerprint density at radius 2 is 2.00 bits per heavy atom. The Hall–Kier alpha value is -1.75. The summed E-state index contributed by atoms with van der Waals surface area (Å²) in [6.07, 6.45) is 6.55. The molecule has 0 spiro atoms. The molecule has 0 amide bonds. The molecule has 19 heavy (non-hydrogen) atoms. The lowest BCUT2D eigenvalue weighted by Gasteiger charge is -2.12. The van der Waals surface area contributed by atoms with Crippen molar-refractivity contribution in [1.29, 1.82) is 0 Å². The van der Waals surface area contributed by atoms with Crippen molar-refractivity contribution in [2.75, 3.05) is 20.1 Å². The van der Waals surface area contributed by atoms with Crippen molar-refractivity contribution in [1.82, 2.24) is 20.0 Å². The Morgan fingerprint density at radius 3 is 2.74 bits per heavy atom. The van der Waals surface area contributed by atoms with Gasteiger partial charge in [0, 0.05) is 24.4 Å². The fourth-order valence-corrected chi connectivity index (χ4v) is 1.79. The second kappa shape index (κ2) is 6.99. The van der Waals surface area contributed by atoms with E-state index in [0.29, 0.717) is 5.89 Å². The van der Waals surface area contributed by atoms with E-state index in [4.69, 9.17) is 4.52 Å². The molecule has 0 N–H and O–H groups in total. The highest BCUT2D eigenvalue weighted by atomic mass is 16.5. The number of unbranched alkanes of at least 4 members (excludes halogenated alkanes) is 1. The predicted octanol–water partition coefficient (Wildman–Crippen LogP) is 2.41. The van der Waals surface area contributed by atoms with Gasteiger partial charge in [-0.25, -0.2) is 0 Å². The molecule has 0 aliphatic carbocycles. The first-order valence-corrected chi connectivity index (χ1v) is 6.71. The summed E-state index contributed by atoms with van der Waals surface area (Å²) in [6.45, 7) is 4.38. The van der Waals surface area contributed by atoms with Crippen LogP contribution in [0.4, 0.5) is 0 Å². The number of aryl methyl sites for hydroxylation is 1. The van der Waals surface area contributed by atoms with Gasteiger partial charge in [-0.1, -0.05) is 12.1 Å². The molecule has 2 heterocycles. The fraction of sp³-hybridized carbons (Fsp3) is 0.500. The molecule has 2 aromatic heterocycles. The maximum absolute atomic E-state index is 5.25. The minimum Gasteiger partial charge on any atom is -0.334 e. The van der Waals surface area contributed by atoms with Crippen molar-refractivity contribution in [3.05, 3.63) is 30.4 Å². The standard InChI is InChI=1S/C14H20N4O/c1-3-18(2)11-5-4-6-13-16-14(19-17-13)12-7-9-15-10-8-12/h7-10H,3-6,11H2,1-2H3. The highest BCUT2D eigenvalue weighted by Crippen LogP contribution is 2.15. The van der Waals surface area contributed by atoms with Gasteiger partial charge in [-0.3, -0.25) is 4.98 Å². The van der Waals surface area contributed by atoms with Crippen LogP contribution < -0.4 is 0 Å². The maximum Gasteiger partial charge on any atom is 0.258 e. The number of pyridine rings is 1. The van der Waals surface area contributed by atoms with E-state index < -0.39 is 0 Å². The Labute approximate surface area is 113 Å². The molecule has 5 nitrogen and oxygen atoms in total. The highest BCUT2D eigenvalue weighted by molar-refractivity contribution is 5.50. The van der Waals surface area contributed by atoms with E-state index in [1.165, 1.54) is 0 Å². The summed E-state index contributed by atoms with van der Waals surface area (Å²) in [5.74, 6) is 1.36. The molecular formula is C14H20N4O. The molecule has 0 aliphatic heterocycles. The van der Waals surface area contributed by atoms with E-state index in [9.17, 15) is 0 Å². The summed E-state index contributed by atoms with van der Waals surface area (Å²) < 4.78 is 5.25. The second-order valence-electron chi connectivity index (χ2n) is 4.60. The third-order valence-electron chi connectivity index (χ3n) is 3.13. The van der Waals surface area contributed by atoms with Crippen LogP contribution in [0.5, 0.6) is 0 Å². The molecule has 0 fully saturated rings. The van der Waals surface area contributed by atoms with E-state index in [0.717, 1.165) is 43.7 Å². The van der Waals surface area contributed by atoms with Crippen molar-refractivity contribution < 1.29 is 4.52 Å². The van der Waals surface area contributed by atoms with Crippen LogP contribution in [0.25, 0.3) is 11.5 Å². The zero-order valence-electron chi connectivity index (χ0n) is 11.5. The average molecular weight is 260 g/mol. The summed E-state index contributed by atoms with van der Waals surface area (Å²) in [5.41, 5.74) is 0.916. The average Bonchev–Trinajstić information content (AvgIpc) is 2.93. The van der Waals surface area contributed by atoms with Gasteiger partial charge < -0.3 is 9.42 Å². The zero-order chi connectivity index (χ0) is 13.5. The lowest BCUT2D eigenvalue weighted by atomic mass is 10.2. The van der Waals surface area contributed by atoms with Gasteiger partial charge in [0.05, 0.1) is 0 Å². The SMILES string of the molecule is CCN(C)CCCCc1noc(-c2ccncc2)n1. The minimum absolute atomic E-state index is 0.572. The van der Waals surface area contributed by atoms with Gasteiger partial charge in [-0.05, 0) is 45.1 Å². The third-order valence-corrected chi connectivity index (χ3v) is 3.13. The molecule has 102 valence electrons. The molecule has 0 atom stereocenters. The van der Waals surface area contributed by atoms with Crippen molar-refractivity contribution in [3.63, 3.8) is 0 Å². The molecule has 0 bridgehead atoms. The normalized spacial score (nSPS) is 11.1. The van der Waals surface area contributed by atoms with E-state index >= 15 is 0 Å². The third kappa shape index (κ3) is 4.13. The first-order chi connectivity index (χ1) is 9.29. The van der Waals surface area contributed by atoms with Gasteiger partial charge in [-0.15, -0.1) is 0 Å². The molecule has 0 saturated heterocycles. The van der Waals surface area contributed by atoms with Crippen LogP contribution in [0.3, 0.4) is 0 Å². The lowest BCUT2D eigenvalue weighted by Crippen LogP contribution is -2.18. The summed E-state index contributed by atoms with van der Waals surface area (Å²) in [4.78, 5) is 10.7. The van der Waals surface area contributed by atoms with Gasteiger partial charge in [0.1, 0.15) is 0 Å². The molecule has 0 saturated carbocycles. The van der Waals surface area contributed by atoms with Crippen LogP contribution in [0, 0.1) is 0 Å². The molecule has 0 aromatic carbocycles. The van der Waals surface area contributed by atoms with E-state index in [1.807, 2.05) is 12.1 Å². The topological polar surface area (TPSA) is 55.1 Å². The number of rotatable bonds is 7. The molecule has 0 aliphatic rings.